The molecule has 2 amide bonds. The van der Waals surface area contributed by atoms with Crippen molar-refractivity contribution in [3.8, 4) is 0 Å². The van der Waals surface area contributed by atoms with Crippen LogP contribution in [0.3, 0.4) is 0 Å². The highest BCUT2D eigenvalue weighted by Gasteiger charge is 2.31. The number of rotatable bonds is 8. The molecule has 0 saturated carbocycles. The van der Waals surface area contributed by atoms with Gasteiger partial charge < -0.3 is 14.7 Å². The zero-order valence-corrected chi connectivity index (χ0v) is 17.5. The van der Waals surface area contributed by atoms with Crippen LogP contribution in [-0.2, 0) is 9.59 Å². The molecule has 156 valence electrons. The summed E-state index contributed by atoms with van der Waals surface area (Å²) in [6, 6.07) is 20.9. The minimum absolute atomic E-state index is 0.0596. The van der Waals surface area contributed by atoms with E-state index in [-0.39, 0.29) is 24.4 Å². The molecule has 3 aromatic rings. The van der Waals surface area contributed by atoms with Crippen LogP contribution >= 0.6 is 0 Å². The zero-order chi connectivity index (χ0) is 21.5. The maximum absolute atomic E-state index is 13.7. The molecule has 0 fully saturated rings. The number of carbonyl (C=O) groups excluding carboxylic acids is 2. The largest absolute Gasteiger partial charge is 0.360 e. The number of hydrogen-bond donors (Lipinski definition) is 1. The van der Waals surface area contributed by atoms with Gasteiger partial charge in [-0.15, -0.1) is 0 Å². The van der Waals surface area contributed by atoms with E-state index in [1.807, 2.05) is 74.5 Å². The maximum atomic E-state index is 13.7. The van der Waals surface area contributed by atoms with Gasteiger partial charge in [0.15, 0.2) is 5.82 Å². The van der Waals surface area contributed by atoms with Crippen LogP contribution in [0.2, 0.25) is 0 Å². The van der Waals surface area contributed by atoms with Gasteiger partial charge in [0, 0.05) is 12.1 Å². The standard InChI is InChI=1S/C24H27N3O3/c1-4-17(2)27(16-22(28)25-21-15-18(3)30-26-21)24(29)23(19-11-7-5-8-12-19)20-13-9-6-10-14-20/h5-15,17,23H,4,16H2,1-3H3,(H,25,26,28). The van der Waals surface area contributed by atoms with E-state index < -0.39 is 5.92 Å². The van der Waals surface area contributed by atoms with Crippen LogP contribution in [0.15, 0.2) is 71.3 Å². The smallest absolute Gasteiger partial charge is 0.245 e. The quantitative estimate of drug-likeness (QED) is 0.603. The molecule has 1 atom stereocenters. The summed E-state index contributed by atoms with van der Waals surface area (Å²) < 4.78 is 5.00. The van der Waals surface area contributed by atoms with Crippen LogP contribution in [0.25, 0.3) is 0 Å². The van der Waals surface area contributed by atoms with Crippen LogP contribution < -0.4 is 5.32 Å². The Kier molecular flexibility index (Phi) is 7.01. The highest BCUT2D eigenvalue weighted by molar-refractivity contribution is 5.96. The number of nitrogens with zero attached hydrogens (tertiary/aromatic N) is 2. The molecule has 0 saturated heterocycles. The number of carbonyl (C=O) groups is 2. The fourth-order valence-corrected chi connectivity index (χ4v) is 3.37. The number of aromatic nitrogens is 1. The van der Waals surface area contributed by atoms with E-state index in [1.54, 1.807) is 17.9 Å². The van der Waals surface area contributed by atoms with Crippen molar-refractivity contribution in [2.45, 2.75) is 39.2 Å². The Bertz CT molecular complexity index is 930. The molecule has 6 nitrogen and oxygen atoms in total. The van der Waals surface area contributed by atoms with E-state index in [0.29, 0.717) is 11.6 Å². The zero-order valence-electron chi connectivity index (χ0n) is 17.5. The fraction of sp³-hybridized carbons (Fsp3) is 0.292. The van der Waals surface area contributed by atoms with E-state index in [4.69, 9.17) is 4.52 Å². The van der Waals surface area contributed by atoms with Crippen molar-refractivity contribution in [1.29, 1.82) is 0 Å². The van der Waals surface area contributed by atoms with Crippen LogP contribution in [0.1, 0.15) is 43.1 Å². The molecule has 1 N–H and O–H groups in total. The normalized spacial score (nSPS) is 11.9. The summed E-state index contributed by atoms with van der Waals surface area (Å²) in [5.41, 5.74) is 1.80. The molecule has 0 bridgehead atoms. The Morgan fingerprint density at radius 3 is 2.07 bits per heavy atom. The second-order valence-electron chi connectivity index (χ2n) is 7.35. The topological polar surface area (TPSA) is 75.4 Å². The van der Waals surface area contributed by atoms with Crippen molar-refractivity contribution in [1.82, 2.24) is 10.1 Å². The summed E-state index contributed by atoms with van der Waals surface area (Å²) in [4.78, 5) is 28.1. The van der Waals surface area contributed by atoms with Crippen molar-refractivity contribution in [3.05, 3.63) is 83.6 Å². The second-order valence-corrected chi connectivity index (χ2v) is 7.35. The first-order valence-corrected chi connectivity index (χ1v) is 10.1. The Balaban J connectivity index is 1.88. The molecule has 3 rings (SSSR count). The number of nitrogens with one attached hydrogen (secondary N) is 1. The summed E-state index contributed by atoms with van der Waals surface area (Å²) in [7, 11) is 0. The number of hydrogen-bond acceptors (Lipinski definition) is 4. The third kappa shape index (κ3) is 5.14. The van der Waals surface area contributed by atoms with Gasteiger partial charge in [-0.3, -0.25) is 9.59 Å². The van der Waals surface area contributed by atoms with Crippen LogP contribution in [0, 0.1) is 6.92 Å². The monoisotopic (exact) mass is 405 g/mol. The Hall–Kier alpha value is -3.41. The molecule has 0 aliphatic rings. The number of amides is 2. The highest BCUT2D eigenvalue weighted by Crippen LogP contribution is 2.28. The molecule has 30 heavy (non-hydrogen) atoms. The highest BCUT2D eigenvalue weighted by atomic mass is 16.5. The predicted molar refractivity (Wildman–Crippen MR) is 116 cm³/mol. The molecule has 0 radical (unpaired) electrons. The first-order valence-electron chi connectivity index (χ1n) is 10.1. The van der Waals surface area contributed by atoms with Crippen LogP contribution in [0.5, 0.6) is 0 Å². The third-order valence-corrected chi connectivity index (χ3v) is 5.13. The summed E-state index contributed by atoms with van der Waals surface area (Å²) in [5, 5.41) is 6.50. The SMILES string of the molecule is CCC(C)N(CC(=O)Nc1cc(C)on1)C(=O)C(c1ccccc1)c1ccccc1. The lowest BCUT2D eigenvalue weighted by atomic mass is 9.89. The molecule has 1 aromatic heterocycles. The number of anilines is 1. The molecule has 0 aliphatic heterocycles. The second kappa shape index (κ2) is 9.87. The van der Waals surface area contributed by atoms with E-state index in [2.05, 4.69) is 10.5 Å². The van der Waals surface area contributed by atoms with Crippen molar-refractivity contribution < 1.29 is 14.1 Å². The summed E-state index contributed by atoms with van der Waals surface area (Å²) in [5.74, 6) is 0.0543. The lowest BCUT2D eigenvalue weighted by molar-refractivity contribution is -0.137. The minimum Gasteiger partial charge on any atom is -0.360 e. The van der Waals surface area contributed by atoms with Gasteiger partial charge in [-0.1, -0.05) is 72.7 Å². The molecular weight excluding hydrogens is 378 g/mol. The molecule has 1 unspecified atom stereocenters. The van der Waals surface area contributed by atoms with Gasteiger partial charge in [-0.25, -0.2) is 0 Å². The van der Waals surface area contributed by atoms with Gasteiger partial charge in [0.2, 0.25) is 11.8 Å². The van der Waals surface area contributed by atoms with E-state index >= 15 is 0 Å². The molecule has 6 heteroatoms. The molecular formula is C24H27N3O3. The minimum atomic E-state index is -0.483. The summed E-state index contributed by atoms with van der Waals surface area (Å²) in [6.45, 7) is 5.65. The van der Waals surface area contributed by atoms with E-state index in [9.17, 15) is 9.59 Å². The lowest BCUT2D eigenvalue weighted by Crippen LogP contribution is -2.45. The average Bonchev–Trinajstić information content (AvgIpc) is 3.17. The molecule has 1 heterocycles. The Labute approximate surface area is 176 Å². The Morgan fingerprint density at radius 2 is 1.60 bits per heavy atom. The third-order valence-electron chi connectivity index (χ3n) is 5.13. The Morgan fingerprint density at radius 1 is 1.03 bits per heavy atom. The van der Waals surface area contributed by atoms with Gasteiger partial charge >= 0.3 is 0 Å². The summed E-state index contributed by atoms with van der Waals surface area (Å²) >= 11 is 0. The lowest BCUT2D eigenvalue weighted by Gasteiger charge is -2.32. The molecule has 2 aromatic carbocycles. The van der Waals surface area contributed by atoms with Gasteiger partial charge in [-0.05, 0) is 31.4 Å². The van der Waals surface area contributed by atoms with Crippen LogP contribution in [-0.4, -0.2) is 34.5 Å². The van der Waals surface area contributed by atoms with Crippen molar-refractivity contribution >= 4 is 17.6 Å². The molecule has 0 spiro atoms. The van der Waals surface area contributed by atoms with Gasteiger partial charge in [0.1, 0.15) is 12.3 Å². The maximum Gasteiger partial charge on any atom is 0.245 e. The van der Waals surface area contributed by atoms with Crippen molar-refractivity contribution in [2.75, 3.05) is 11.9 Å². The fourth-order valence-electron chi connectivity index (χ4n) is 3.37. The van der Waals surface area contributed by atoms with Crippen molar-refractivity contribution in [2.24, 2.45) is 0 Å². The van der Waals surface area contributed by atoms with Gasteiger partial charge in [0.05, 0.1) is 5.92 Å². The first-order chi connectivity index (χ1) is 14.5. The van der Waals surface area contributed by atoms with Gasteiger partial charge in [0.25, 0.3) is 0 Å². The van der Waals surface area contributed by atoms with Crippen LogP contribution in [0.4, 0.5) is 5.82 Å². The number of aryl methyl sites for hydroxylation is 1. The predicted octanol–water partition coefficient (Wildman–Crippen LogP) is 4.38. The average molecular weight is 405 g/mol. The number of benzene rings is 2. The summed E-state index contributed by atoms with van der Waals surface area (Å²) in [6.07, 6.45) is 0.735. The first kappa shape index (κ1) is 21.3. The van der Waals surface area contributed by atoms with E-state index in [0.717, 1.165) is 17.5 Å². The van der Waals surface area contributed by atoms with Crippen molar-refractivity contribution in [3.63, 3.8) is 0 Å². The molecule has 0 aliphatic carbocycles. The van der Waals surface area contributed by atoms with E-state index in [1.165, 1.54) is 0 Å². The van der Waals surface area contributed by atoms with Gasteiger partial charge in [-0.2, -0.15) is 0 Å².